The second kappa shape index (κ2) is 21.8. The fourth-order valence-electron chi connectivity index (χ4n) is 11.5. The van der Waals surface area contributed by atoms with Crippen molar-refractivity contribution in [2.75, 3.05) is 66.6 Å². The first-order valence-electron chi connectivity index (χ1n) is 25.8. The molecule has 1 spiro atoms. The lowest BCUT2D eigenvalue weighted by atomic mass is 9.84. The number of hydrogen-bond acceptors (Lipinski definition) is 11. The number of esters is 1. The summed E-state index contributed by atoms with van der Waals surface area (Å²) in [4.78, 5) is 81.7. The smallest absolute Gasteiger partial charge is 0.406 e. The number of likely N-dealkylation sites (N-methyl/N-ethyl adjacent to an activating group) is 1. The molecule has 17 nitrogen and oxygen atoms in total. The van der Waals surface area contributed by atoms with Crippen LogP contribution in [0.5, 0.6) is 0 Å². The number of halogens is 3. The van der Waals surface area contributed by atoms with Crippen LogP contribution < -0.4 is 10.7 Å². The first kappa shape index (κ1) is 54.4. The fourth-order valence-corrected chi connectivity index (χ4v) is 11.5. The highest BCUT2D eigenvalue weighted by Gasteiger charge is 2.48. The summed E-state index contributed by atoms with van der Waals surface area (Å²) in [5.41, 5.74) is 5.76. The number of benzene rings is 1. The van der Waals surface area contributed by atoms with Crippen molar-refractivity contribution in [1.82, 2.24) is 44.9 Å². The molecule has 402 valence electrons. The molecule has 5 aliphatic heterocycles. The Balaban J connectivity index is 1.11. The van der Waals surface area contributed by atoms with Crippen molar-refractivity contribution in [3.8, 4) is 11.3 Å². The number of aromatic nitrogens is 2. The topological polar surface area (TPSA) is 171 Å². The molecule has 7 heterocycles. The summed E-state index contributed by atoms with van der Waals surface area (Å²) >= 11 is 0. The molecule has 6 bridgehead atoms. The van der Waals surface area contributed by atoms with Crippen molar-refractivity contribution in [2.24, 2.45) is 11.3 Å². The summed E-state index contributed by atoms with van der Waals surface area (Å²) in [6.07, 6.45) is 2.05. The number of fused-ring (bicyclic) bond motifs is 6. The lowest BCUT2D eigenvalue weighted by molar-refractivity contribution is -0.155. The van der Waals surface area contributed by atoms with Crippen molar-refractivity contribution in [2.45, 2.75) is 129 Å². The van der Waals surface area contributed by atoms with E-state index in [4.69, 9.17) is 14.2 Å². The average molecular weight is 1030 g/mol. The molecule has 1 unspecified atom stereocenters. The van der Waals surface area contributed by atoms with Crippen LogP contribution in [0.2, 0.25) is 0 Å². The summed E-state index contributed by atoms with van der Waals surface area (Å²) in [7, 11) is 3.11. The standard InChI is InChI=1S/C54H72F3N9O8/c1-10-44(67)64-30-53(74-35(64)5)19-24-63(25-20-53)51(71)61(8)46(33(2)3)48(68)59-42-29-62-22-12-14-37(28-62)36-17-18-43-39(26-36)40(27-52(6,7)32-73-50(70)41-16-13-23-66(60-41)49(42)69)47(65(43)31-54(55,56)57)38-15-11-21-58-45(38)34(4)72-9/h10-11,14-15,17-18,21,26,33-35,41-42,46,60H,1,12-13,16,19-20,22-25,27-32H2,2-9H3,(H,59,68)/t34-,35+,41-,42-,46-/m0/s1. The van der Waals surface area contributed by atoms with Crippen LogP contribution in [-0.2, 0) is 46.4 Å². The number of pyridine rings is 1. The van der Waals surface area contributed by atoms with Crippen LogP contribution in [0, 0.1) is 11.3 Å². The van der Waals surface area contributed by atoms with Gasteiger partial charge < -0.3 is 38.8 Å². The zero-order chi connectivity index (χ0) is 53.4. The molecule has 3 fully saturated rings. The highest BCUT2D eigenvalue weighted by atomic mass is 19.4. The van der Waals surface area contributed by atoms with Crippen molar-refractivity contribution < 1.29 is 51.4 Å². The number of hydrazine groups is 1. The van der Waals surface area contributed by atoms with Crippen LogP contribution in [0.4, 0.5) is 18.0 Å². The van der Waals surface area contributed by atoms with E-state index in [2.05, 4.69) is 33.3 Å². The Morgan fingerprint density at radius 2 is 1.84 bits per heavy atom. The van der Waals surface area contributed by atoms with E-state index in [0.29, 0.717) is 98.2 Å². The number of urea groups is 1. The van der Waals surface area contributed by atoms with E-state index in [1.54, 1.807) is 48.2 Å². The van der Waals surface area contributed by atoms with E-state index in [1.165, 1.54) is 27.7 Å². The van der Waals surface area contributed by atoms with E-state index < -0.39 is 72.0 Å². The van der Waals surface area contributed by atoms with Crippen LogP contribution in [0.3, 0.4) is 0 Å². The first-order valence-corrected chi connectivity index (χ1v) is 25.8. The number of likely N-dealkylation sites (tertiary alicyclic amines) is 1. The summed E-state index contributed by atoms with van der Waals surface area (Å²) in [5.74, 6) is -2.15. The van der Waals surface area contributed by atoms with Crippen LogP contribution >= 0.6 is 0 Å². The predicted molar refractivity (Wildman–Crippen MR) is 272 cm³/mol. The molecule has 0 aliphatic carbocycles. The molecule has 0 radical (unpaired) electrons. The van der Waals surface area contributed by atoms with Gasteiger partial charge in [-0.05, 0) is 105 Å². The first-order chi connectivity index (χ1) is 35.0. The maximum absolute atomic E-state index is 14.8. The molecule has 20 heteroatoms. The molecule has 3 aromatic rings. The maximum atomic E-state index is 14.8. The maximum Gasteiger partial charge on any atom is 0.406 e. The molecule has 8 rings (SSSR count). The fraction of sp³-hybridized carbons (Fsp3) is 0.593. The van der Waals surface area contributed by atoms with Gasteiger partial charge in [0.05, 0.1) is 36.2 Å². The lowest BCUT2D eigenvalue weighted by Crippen LogP contribution is -2.64. The minimum Gasteiger partial charge on any atom is -0.464 e. The molecule has 3 saturated heterocycles. The monoisotopic (exact) mass is 1030 g/mol. The van der Waals surface area contributed by atoms with E-state index in [1.807, 2.05) is 46.8 Å². The van der Waals surface area contributed by atoms with Crippen LogP contribution in [-0.4, -0.2) is 167 Å². The number of nitrogens with zero attached hydrogens (tertiary/aromatic N) is 7. The summed E-state index contributed by atoms with van der Waals surface area (Å²) in [6, 6.07) is 5.61. The molecule has 6 atom stereocenters. The molecule has 74 heavy (non-hydrogen) atoms. The third kappa shape index (κ3) is 11.5. The Morgan fingerprint density at radius 3 is 2.53 bits per heavy atom. The van der Waals surface area contributed by atoms with Gasteiger partial charge in [0.25, 0.3) is 5.91 Å². The van der Waals surface area contributed by atoms with E-state index in [9.17, 15) is 37.1 Å². The van der Waals surface area contributed by atoms with Crippen molar-refractivity contribution >= 4 is 46.2 Å². The third-order valence-electron chi connectivity index (χ3n) is 15.3. The van der Waals surface area contributed by atoms with E-state index in [-0.39, 0.29) is 44.0 Å². The normalized spacial score (nSPS) is 24.3. The van der Waals surface area contributed by atoms with Gasteiger partial charge in [-0.15, -0.1) is 0 Å². The number of cyclic esters (lactones) is 1. The number of rotatable bonds is 9. The van der Waals surface area contributed by atoms with Gasteiger partial charge in [-0.3, -0.25) is 34.1 Å². The number of carbonyl (C=O) groups excluding carboxylic acids is 5. The molecule has 1 aromatic carbocycles. The minimum atomic E-state index is -4.58. The summed E-state index contributed by atoms with van der Waals surface area (Å²) in [6.45, 7) is 15.7. The third-order valence-corrected chi connectivity index (χ3v) is 15.3. The number of alkyl halides is 3. The number of nitrogens with one attached hydrogen (secondary N) is 2. The molecular formula is C54H72F3N9O8. The number of hydrogen-bond donors (Lipinski definition) is 2. The zero-order valence-electron chi connectivity index (χ0n) is 43.9. The highest BCUT2D eigenvalue weighted by molar-refractivity contribution is 5.95. The highest BCUT2D eigenvalue weighted by Crippen LogP contribution is 2.43. The Morgan fingerprint density at radius 1 is 1.09 bits per heavy atom. The van der Waals surface area contributed by atoms with Gasteiger partial charge in [0.15, 0.2) is 0 Å². The van der Waals surface area contributed by atoms with E-state index in [0.717, 1.165) is 11.1 Å². The molecule has 2 N–H and O–H groups in total. The zero-order valence-corrected chi connectivity index (χ0v) is 43.9. The summed E-state index contributed by atoms with van der Waals surface area (Å²) in [5, 5.41) is 5.04. The summed E-state index contributed by atoms with van der Waals surface area (Å²) < 4.78 is 63.6. The molecule has 5 aliphatic rings. The minimum absolute atomic E-state index is 0.0744. The van der Waals surface area contributed by atoms with Crippen LogP contribution in [0.15, 0.2) is 55.3 Å². The van der Waals surface area contributed by atoms with E-state index >= 15 is 0 Å². The number of methoxy groups -OCH3 is 1. The molecule has 5 amide bonds. The molecular weight excluding hydrogens is 960 g/mol. The quantitative estimate of drug-likeness (QED) is 0.178. The number of amides is 5. The van der Waals surface area contributed by atoms with Gasteiger partial charge in [-0.2, -0.15) is 13.2 Å². The molecule has 2 aromatic heterocycles. The number of ether oxygens (including phenoxy) is 3. The lowest BCUT2D eigenvalue weighted by Gasteiger charge is -2.41. The van der Waals surface area contributed by atoms with Gasteiger partial charge in [0.1, 0.15) is 30.9 Å². The average Bonchev–Trinajstić information content (AvgIpc) is 3.85. The Labute approximate surface area is 431 Å². The van der Waals surface area contributed by atoms with Crippen molar-refractivity contribution in [3.63, 3.8) is 0 Å². The SMILES string of the molecule is C=CC(=O)N1CC2(CCN(C(=O)N(C)[C@H](C(=O)N[C@H]3CN4CCC=C(C4)c4ccc5c(c4)c(c(-c4cccnc4[C@H](C)OC)n5CC(F)(F)F)CC(C)(C)COC(=O)[C@@H]4CCCN(N4)C3=O)C(C)C)CC2)O[C@@H]1C. The molecule has 0 saturated carbocycles. The Bertz CT molecular complexity index is 2660. The number of carbonyl (C=O) groups is 5. The second-order valence-corrected chi connectivity index (χ2v) is 21.8. The van der Waals surface area contributed by atoms with Gasteiger partial charge in [0, 0.05) is 81.5 Å². The van der Waals surface area contributed by atoms with Crippen molar-refractivity contribution in [3.05, 3.63) is 72.1 Å². The van der Waals surface area contributed by atoms with Gasteiger partial charge in [0.2, 0.25) is 11.8 Å². The Hall–Kier alpha value is -5.83. The van der Waals surface area contributed by atoms with Crippen LogP contribution in [0.1, 0.15) is 96.6 Å². The largest absolute Gasteiger partial charge is 0.464 e. The van der Waals surface area contributed by atoms with Gasteiger partial charge in [-0.1, -0.05) is 46.4 Å². The number of piperidine rings is 1. The van der Waals surface area contributed by atoms with Crippen molar-refractivity contribution in [1.29, 1.82) is 0 Å². The predicted octanol–water partition coefficient (Wildman–Crippen LogP) is 6.47. The van der Waals surface area contributed by atoms with Gasteiger partial charge >= 0.3 is 18.2 Å². The van der Waals surface area contributed by atoms with Gasteiger partial charge in [-0.25, -0.2) is 10.2 Å². The van der Waals surface area contributed by atoms with Crippen LogP contribution in [0.25, 0.3) is 27.7 Å². The second-order valence-electron chi connectivity index (χ2n) is 21.8. The Kier molecular flexibility index (Phi) is 16.0.